The normalized spacial score (nSPS) is 10.2. The zero-order valence-electron chi connectivity index (χ0n) is 10.4. The lowest BCUT2D eigenvalue weighted by molar-refractivity contribution is 0.0432. The summed E-state index contributed by atoms with van der Waals surface area (Å²) < 4.78 is 16.1. The minimum atomic E-state index is 0.560. The molecule has 0 saturated heterocycles. The van der Waals surface area contributed by atoms with Crippen LogP contribution in [0.3, 0.4) is 0 Å². The second-order valence-electron chi connectivity index (χ2n) is 3.78. The summed E-state index contributed by atoms with van der Waals surface area (Å²) in [6.07, 6.45) is 0. The first-order chi connectivity index (χ1) is 8.29. The molecule has 0 radical (unpaired) electrons. The lowest BCUT2D eigenvalue weighted by Gasteiger charge is -2.07. The van der Waals surface area contributed by atoms with Crippen molar-refractivity contribution in [2.45, 2.75) is 6.92 Å². The summed E-state index contributed by atoms with van der Waals surface area (Å²) in [6.45, 7) is 8.61. The van der Waals surface area contributed by atoms with Crippen LogP contribution >= 0.6 is 0 Å². The Hall–Kier alpha value is -1.32. The van der Waals surface area contributed by atoms with Crippen LogP contribution in [0.2, 0.25) is 0 Å². The van der Waals surface area contributed by atoms with E-state index in [4.69, 9.17) is 14.2 Å². The standard InChI is InChI=1S/C14H20O3/c1-13(2)12-16-9-8-15-10-11-17-14-6-4-3-5-7-14/h3-7H,1,8-12H2,2H3. The Morgan fingerprint density at radius 2 is 1.65 bits per heavy atom. The van der Waals surface area contributed by atoms with Gasteiger partial charge in [0.2, 0.25) is 0 Å². The highest BCUT2D eigenvalue weighted by Crippen LogP contribution is 2.07. The molecule has 0 aliphatic rings. The highest BCUT2D eigenvalue weighted by atomic mass is 16.5. The fourth-order valence-electron chi connectivity index (χ4n) is 1.20. The van der Waals surface area contributed by atoms with Crippen molar-refractivity contribution in [3.05, 3.63) is 42.5 Å². The van der Waals surface area contributed by atoms with Gasteiger partial charge in [0.1, 0.15) is 12.4 Å². The number of hydrogen-bond acceptors (Lipinski definition) is 3. The fraction of sp³-hybridized carbons (Fsp3) is 0.429. The second-order valence-corrected chi connectivity index (χ2v) is 3.78. The van der Waals surface area contributed by atoms with Crippen LogP contribution in [0.25, 0.3) is 0 Å². The van der Waals surface area contributed by atoms with Crippen LogP contribution in [0.4, 0.5) is 0 Å². The van der Waals surface area contributed by atoms with Gasteiger partial charge in [0.15, 0.2) is 0 Å². The van der Waals surface area contributed by atoms with E-state index >= 15 is 0 Å². The van der Waals surface area contributed by atoms with E-state index < -0.39 is 0 Å². The quantitative estimate of drug-likeness (QED) is 0.487. The minimum absolute atomic E-state index is 0.560. The van der Waals surface area contributed by atoms with Gasteiger partial charge in [0.05, 0.1) is 26.4 Å². The van der Waals surface area contributed by atoms with E-state index in [1.165, 1.54) is 0 Å². The molecule has 0 unspecified atom stereocenters. The second kappa shape index (κ2) is 8.79. The summed E-state index contributed by atoms with van der Waals surface area (Å²) >= 11 is 0. The van der Waals surface area contributed by atoms with Crippen molar-refractivity contribution < 1.29 is 14.2 Å². The lowest BCUT2D eigenvalue weighted by atomic mass is 10.3. The van der Waals surface area contributed by atoms with Crippen molar-refractivity contribution in [3.63, 3.8) is 0 Å². The molecule has 0 aliphatic heterocycles. The van der Waals surface area contributed by atoms with Crippen LogP contribution in [-0.4, -0.2) is 33.0 Å². The Morgan fingerprint density at radius 1 is 1.00 bits per heavy atom. The molecule has 1 aromatic rings. The summed E-state index contributed by atoms with van der Waals surface area (Å²) in [5, 5.41) is 0. The molecule has 94 valence electrons. The third-order valence-electron chi connectivity index (χ3n) is 1.96. The SMILES string of the molecule is C=C(C)COCCOCCOc1ccccc1. The van der Waals surface area contributed by atoms with Gasteiger partial charge in [-0.1, -0.05) is 30.4 Å². The Labute approximate surface area is 103 Å². The largest absolute Gasteiger partial charge is 0.491 e. The maximum Gasteiger partial charge on any atom is 0.119 e. The zero-order valence-corrected chi connectivity index (χ0v) is 10.4. The van der Waals surface area contributed by atoms with Crippen LogP contribution in [0.1, 0.15) is 6.92 Å². The number of hydrogen-bond donors (Lipinski definition) is 0. The molecule has 0 aliphatic carbocycles. The van der Waals surface area contributed by atoms with Crippen LogP contribution in [0.15, 0.2) is 42.5 Å². The Morgan fingerprint density at radius 3 is 2.35 bits per heavy atom. The summed E-state index contributed by atoms with van der Waals surface area (Å²) in [5.41, 5.74) is 1.03. The molecule has 0 aromatic heterocycles. The molecule has 3 heteroatoms. The maximum absolute atomic E-state index is 5.47. The first kappa shape index (κ1) is 13.7. The monoisotopic (exact) mass is 236 g/mol. The van der Waals surface area contributed by atoms with E-state index in [-0.39, 0.29) is 0 Å². The van der Waals surface area contributed by atoms with E-state index in [1.807, 2.05) is 37.3 Å². The smallest absolute Gasteiger partial charge is 0.119 e. The van der Waals surface area contributed by atoms with Crippen molar-refractivity contribution >= 4 is 0 Å². The molecule has 0 N–H and O–H groups in total. The summed E-state index contributed by atoms with van der Waals surface area (Å²) in [6, 6.07) is 9.71. The zero-order chi connectivity index (χ0) is 12.3. The maximum atomic E-state index is 5.47. The number of rotatable bonds is 9. The summed E-state index contributed by atoms with van der Waals surface area (Å²) in [7, 11) is 0. The molecule has 0 heterocycles. The molecule has 1 rings (SSSR count). The predicted molar refractivity (Wildman–Crippen MR) is 68.4 cm³/mol. The Bertz CT molecular complexity index is 309. The molecule has 3 nitrogen and oxygen atoms in total. The van der Waals surface area contributed by atoms with Crippen molar-refractivity contribution in [1.29, 1.82) is 0 Å². The summed E-state index contributed by atoms with van der Waals surface area (Å²) in [4.78, 5) is 0. The average molecular weight is 236 g/mol. The molecular weight excluding hydrogens is 216 g/mol. The number of benzene rings is 1. The average Bonchev–Trinajstić information content (AvgIpc) is 2.33. The molecule has 0 saturated carbocycles. The minimum Gasteiger partial charge on any atom is -0.491 e. The van der Waals surface area contributed by atoms with E-state index in [1.54, 1.807) is 0 Å². The van der Waals surface area contributed by atoms with Gasteiger partial charge < -0.3 is 14.2 Å². The van der Waals surface area contributed by atoms with Crippen molar-refractivity contribution in [2.24, 2.45) is 0 Å². The van der Waals surface area contributed by atoms with Gasteiger partial charge in [-0.25, -0.2) is 0 Å². The van der Waals surface area contributed by atoms with Crippen LogP contribution < -0.4 is 4.74 Å². The molecule has 0 atom stereocenters. The van der Waals surface area contributed by atoms with E-state index in [2.05, 4.69) is 6.58 Å². The van der Waals surface area contributed by atoms with Gasteiger partial charge in [-0.05, 0) is 19.1 Å². The van der Waals surface area contributed by atoms with E-state index in [0.29, 0.717) is 33.0 Å². The molecule has 17 heavy (non-hydrogen) atoms. The summed E-state index contributed by atoms with van der Waals surface area (Å²) in [5.74, 6) is 0.870. The Balaban J connectivity index is 1.90. The molecular formula is C14H20O3. The highest BCUT2D eigenvalue weighted by molar-refractivity contribution is 5.20. The van der Waals surface area contributed by atoms with Crippen LogP contribution in [0.5, 0.6) is 5.75 Å². The lowest BCUT2D eigenvalue weighted by Crippen LogP contribution is -2.11. The predicted octanol–water partition coefficient (Wildman–Crippen LogP) is 2.67. The third-order valence-corrected chi connectivity index (χ3v) is 1.96. The van der Waals surface area contributed by atoms with Crippen molar-refractivity contribution in [3.8, 4) is 5.75 Å². The molecule has 0 bridgehead atoms. The third kappa shape index (κ3) is 7.55. The van der Waals surface area contributed by atoms with Gasteiger partial charge >= 0.3 is 0 Å². The Kier molecular flexibility index (Phi) is 7.11. The number of para-hydroxylation sites is 1. The first-order valence-corrected chi connectivity index (χ1v) is 5.77. The molecule has 1 aromatic carbocycles. The van der Waals surface area contributed by atoms with E-state index in [9.17, 15) is 0 Å². The van der Waals surface area contributed by atoms with Gasteiger partial charge in [-0.3, -0.25) is 0 Å². The topological polar surface area (TPSA) is 27.7 Å². The van der Waals surface area contributed by atoms with Gasteiger partial charge in [0.25, 0.3) is 0 Å². The highest BCUT2D eigenvalue weighted by Gasteiger charge is 1.93. The fourth-order valence-corrected chi connectivity index (χ4v) is 1.20. The number of ether oxygens (including phenoxy) is 3. The van der Waals surface area contributed by atoms with Crippen LogP contribution in [0, 0.1) is 0 Å². The van der Waals surface area contributed by atoms with Gasteiger partial charge in [-0.15, -0.1) is 0 Å². The molecule has 0 spiro atoms. The van der Waals surface area contributed by atoms with Crippen LogP contribution in [-0.2, 0) is 9.47 Å². The van der Waals surface area contributed by atoms with Gasteiger partial charge in [0, 0.05) is 0 Å². The molecule has 0 fully saturated rings. The van der Waals surface area contributed by atoms with Crippen molar-refractivity contribution in [1.82, 2.24) is 0 Å². The van der Waals surface area contributed by atoms with Crippen molar-refractivity contribution in [2.75, 3.05) is 33.0 Å². The van der Waals surface area contributed by atoms with Gasteiger partial charge in [-0.2, -0.15) is 0 Å². The first-order valence-electron chi connectivity index (χ1n) is 5.77. The van der Waals surface area contributed by atoms with E-state index in [0.717, 1.165) is 11.3 Å². The molecule has 0 amide bonds.